The fourth-order valence-electron chi connectivity index (χ4n) is 2.01. The monoisotopic (exact) mass is 414 g/mol. The van der Waals surface area contributed by atoms with Crippen molar-refractivity contribution in [2.75, 3.05) is 11.9 Å². The van der Waals surface area contributed by atoms with Gasteiger partial charge < -0.3 is 20.5 Å². The van der Waals surface area contributed by atoms with Crippen LogP contribution >= 0.6 is 0 Å². The van der Waals surface area contributed by atoms with Crippen LogP contribution in [0.2, 0.25) is 0 Å². The van der Waals surface area contributed by atoms with Gasteiger partial charge in [-0.15, -0.1) is 30.3 Å². The summed E-state index contributed by atoms with van der Waals surface area (Å²) in [7, 11) is 0. The van der Waals surface area contributed by atoms with Crippen molar-refractivity contribution in [1.29, 1.82) is 0 Å². The molecule has 0 aliphatic rings. The minimum atomic E-state index is -0.980. The number of aryl methyl sites for hydroxylation is 1. The summed E-state index contributed by atoms with van der Waals surface area (Å²) in [6.07, 6.45) is -0.148. The predicted molar refractivity (Wildman–Crippen MR) is 89.0 cm³/mol. The average molecular weight is 414 g/mol. The number of benzene rings is 2. The van der Waals surface area contributed by atoms with Crippen molar-refractivity contribution >= 4 is 23.5 Å². The van der Waals surface area contributed by atoms with E-state index in [1.165, 1.54) is 0 Å². The first-order chi connectivity index (χ1) is 11.5. The van der Waals surface area contributed by atoms with E-state index in [4.69, 9.17) is 5.11 Å². The molecule has 0 fully saturated rings. The Labute approximate surface area is 170 Å². The molecule has 0 spiro atoms. The number of nitrogens with one attached hydrogen (secondary N) is 2. The average Bonchev–Trinajstić information content (AvgIpc) is 2.57. The van der Waals surface area contributed by atoms with Gasteiger partial charge in [-0.3, -0.25) is 9.59 Å². The Hall–Kier alpha value is -2.05. The molecular weight excluding hydrogens is 397 g/mol. The van der Waals surface area contributed by atoms with Crippen LogP contribution in [0.25, 0.3) is 0 Å². The third-order valence-electron chi connectivity index (χ3n) is 3.33. The number of carbonyl (C=O) groups excluding carboxylic acids is 2. The van der Waals surface area contributed by atoms with Crippen LogP contribution in [0.3, 0.4) is 0 Å². The molecule has 0 saturated carbocycles. The fourth-order valence-corrected chi connectivity index (χ4v) is 2.01. The van der Waals surface area contributed by atoms with Gasteiger partial charge in [-0.2, -0.15) is 0 Å². The number of carboxylic acids is 1. The third kappa shape index (κ3) is 6.40. The van der Waals surface area contributed by atoms with Crippen LogP contribution < -0.4 is 10.6 Å². The number of carbonyl (C=O) groups is 3. The second kappa shape index (κ2) is 10.1. The van der Waals surface area contributed by atoms with Crippen molar-refractivity contribution in [2.45, 2.75) is 13.3 Å². The first-order valence-corrected chi connectivity index (χ1v) is 7.36. The predicted octanol–water partition coefficient (Wildman–Crippen LogP) is 2.25. The van der Waals surface area contributed by atoms with E-state index in [-0.39, 0.29) is 51.6 Å². The van der Waals surface area contributed by atoms with E-state index in [0.29, 0.717) is 16.8 Å². The molecule has 0 atom stereocenters. The molecule has 7 heteroatoms. The van der Waals surface area contributed by atoms with E-state index >= 15 is 0 Å². The van der Waals surface area contributed by atoms with E-state index < -0.39 is 11.9 Å². The molecule has 0 radical (unpaired) electrons. The van der Waals surface area contributed by atoms with Gasteiger partial charge in [0, 0.05) is 17.8 Å². The van der Waals surface area contributed by atoms with Crippen LogP contribution in [0.5, 0.6) is 0 Å². The molecule has 6 nitrogen and oxygen atoms in total. The molecule has 0 aromatic heterocycles. The summed E-state index contributed by atoms with van der Waals surface area (Å²) < 4.78 is 0. The number of hydrogen-bond acceptors (Lipinski definition) is 3. The summed E-state index contributed by atoms with van der Waals surface area (Å²) in [4.78, 5) is 34.7. The Bertz CT molecular complexity index is 763. The van der Waals surface area contributed by atoms with Crippen molar-refractivity contribution in [1.82, 2.24) is 5.32 Å². The van der Waals surface area contributed by atoms with Gasteiger partial charge in [-0.25, -0.2) is 0 Å². The molecular formula is C18H17N2O4Y+2. The normalized spacial score (nSPS) is 9.64. The third-order valence-corrected chi connectivity index (χ3v) is 3.33. The quantitative estimate of drug-likeness (QED) is 0.632. The minimum Gasteiger partial charge on any atom is -0.481 e. The SMILES string of the molecule is Cc1ccc(C(=O)NCCC(=O)O)cc1NC(=O)c1[c-]cccc1.[Y+3]. The molecule has 25 heavy (non-hydrogen) atoms. The Balaban J connectivity index is 0.00000312. The largest absolute Gasteiger partial charge is 3.00 e. The van der Waals surface area contributed by atoms with E-state index in [1.54, 1.807) is 42.5 Å². The van der Waals surface area contributed by atoms with Crippen LogP contribution in [0.4, 0.5) is 5.69 Å². The van der Waals surface area contributed by atoms with Gasteiger partial charge in [0.2, 0.25) is 0 Å². The van der Waals surface area contributed by atoms with Crippen molar-refractivity contribution in [3.05, 3.63) is 65.2 Å². The first-order valence-electron chi connectivity index (χ1n) is 7.36. The summed E-state index contributed by atoms with van der Waals surface area (Å²) in [6, 6.07) is 14.5. The molecule has 0 unspecified atom stereocenters. The van der Waals surface area contributed by atoms with Gasteiger partial charge in [0.25, 0.3) is 5.91 Å². The number of rotatable bonds is 6. The molecule has 2 rings (SSSR count). The van der Waals surface area contributed by atoms with Crippen LogP contribution in [-0.4, -0.2) is 29.4 Å². The van der Waals surface area contributed by atoms with Gasteiger partial charge in [-0.05, 0) is 24.6 Å². The van der Waals surface area contributed by atoms with Gasteiger partial charge in [0.1, 0.15) is 0 Å². The van der Waals surface area contributed by atoms with Gasteiger partial charge >= 0.3 is 38.7 Å². The number of carboxylic acid groups (broad SMARTS) is 1. The molecule has 0 saturated heterocycles. The number of anilines is 1. The van der Waals surface area contributed by atoms with Crippen molar-refractivity contribution < 1.29 is 52.2 Å². The maximum atomic E-state index is 12.2. The molecule has 0 heterocycles. The molecule has 2 aromatic carbocycles. The Kier molecular flexibility index (Phi) is 8.45. The second-order valence-electron chi connectivity index (χ2n) is 5.16. The van der Waals surface area contributed by atoms with Crippen LogP contribution in [-0.2, 0) is 37.5 Å². The summed E-state index contributed by atoms with van der Waals surface area (Å²) in [5, 5.41) is 13.9. The van der Waals surface area contributed by atoms with Gasteiger partial charge in [-0.1, -0.05) is 11.6 Å². The Morgan fingerprint density at radius 3 is 2.52 bits per heavy atom. The first kappa shape index (κ1) is 21.0. The van der Waals surface area contributed by atoms with Gasteiger partial charge in [0.05, 0.1) is 6.42 Å². The number of amides is 2. The number of aliphatic carboxylic acids is 1. The van der Waals surface area contributed by atoms with Crippen molar-refractivity contribution in [3.8, 4) is 0 Å². The van der Waals surface area contributed by atoms with Gasteiger partial charge in [0.15, 0.2) is 5.91 Å². The minimum absolute atomic E-state index is 0. The van der Waals surface area contributed by atoms with E-state index in [9.17, 15) is 14.4 Å². The molecule has 0 bridgehead atoms. The summed E-state index contributed by atoms with van der Waals surface area (Å²) in [5.41, 5.74) is 2.07. The standard InChI is InChI=1S/C18H17N2O4.Y/c1-12-7-8-14(17(23)19-10-9-16(21)22)11-15(12)20-18(24)13-5-3-2-4-6-13;/h2-5,7-8,11H,9-10H2,1H3,(H,19,23)(H,20,24)(H,21,22);/q-1;+3. The van der Waals surface area contributed by atoms with Crippen LogP contribution in [0.15, 0.2) is 42.5 Å². The second-order valence-corrected chi connectivity index (χ2v) is 5.16. The molecule has 0 aliphatic heterocycles. The zero-order valence-corrected chi connectivity index (χ0v) is 16.5. The van der Waals surface area contributed by atoms with E-state index in [0.717, 1.165) is 5.56 Å². The van der Waals surface area contributed by atoms with Crippen molar-refractivity contribution in [2.24, 2.45) is 0 Å². The van der Waals surface area contributed by atoms with Crippen molar-refractivity contribution in [3.63, 3.8) is 0 Å². The maximum Gasteiger partial charge on any atom is 3.00 e. The van der Waals surface area contributed by atoms with Crippen LogP contribution in [0, 0.1) is 13.0 Å². The summed E-state index contributed by atoms with van der Waals surface area (Å²) in [5.74, 6) is -1.69. The molecule has 2 aromatic rings. The summed E-state index contributed by atoms with van der Waals surface area (Å²) in [6.45, 7) is 1.86. The zero-order valence-electron chi connectivity index (χ0n) is 13.7. The Morgan fingerprint density at radius 1 is 1.12 bits per heavy atom. The molecule has 0 aliphatic carbocycles. The molecule has 3 N–H and O–H groups in total. The smallest absolute Gasteiger partial charge is 0.481 e. The molecule has 2 amide bonds. The number of hydrogen-bond donors (Lipinski definition) is 3. The van der Waals surface area contributed by atoms with Crippen LogP contribution in [0.1, 0.15) is 32.7 Å². The Morgan fingerprint density at radius 2 is 1.88 bits per heavy atom. The fraction of sp³-hybridized carbons (Fsp3) is 0.167. The topological polar surface area (TPSA) is 95.5 Å². The molecule has 124 valence electrons. The van der Waals surface area contributed by atoms with E-state index in [1.807, 2.05) is 6.92 Å². The maximum absolute atomic E-state index is 12.2. The van der Waals surface area contributed by atoms with E-state index in [2.05, 4.69) is 16.7 Å². The summed E-state index contributed by atoms with van der Waals surface area (Å²) >= 11 is 0. The zero-order chi connectivity index (χ0) is 17.5.